The molecule has 0 fully saturated rings. The van der Waals surface area contributed by atoms with Crippen molar-refractivity contribution in [3.8, 4) is 0 Å². The first kappa shape index (κ1) is 20.7. The molecule has 0 aromatic heterocycles. The van der Waals surface area contributed by atoms with Gasteiger partial charge in [-0.3, -0.25) is 4.79 Å². The maximum absolute atomic E-state index is 10.2. The molecule has 0 aliphatic rings. The summed E-state index contributed by atoms with van der Waals surface area (Å²) >= 11 is 0. The molecule has 0 aliphatic heterocycles. The molecule has 0 spiro atoms. The molecule has 0 aromatic carbocycles. The van der Waals surface area contributed by atoms with E-state index in [4.69, 9.17) is 15.9 Å². The van der Waals surface area contributed by atoms with E-state index in [1.54, 1.807) is 13.8 Å². The number of rotatable bonds is 10. The second kappa shape index (κ2) is 13.8. The van der Waals surface area contributed by atoms with Crippen molar-refractivity contribution in [3.63, 3.8) is 0 Å². The Labute approximate surface area is 118 Å². The van der Waals surface area contributed by atoms with Crippen LogP contribution in [0.15, 0.2) is 0 Å². The lowest BCUT2D eigenvalue weighted by molar-refractivity contribution is -0.137. The Kier molecular flexibility index (Phi) is 15.1. The van der Waals surface area contributed by atoms with Gasteiger partial charge in [0, 0.05) is 12.0 Å². The normalized spacial score (nSPS) is 10.8. The zero-order valence-corrected chi connectivity index (χ0v) is 13.0. The van der Waals surface area contributed by atoms with E-state index in [0.717, 1.165) is 12.8 Å². The smallest absolute Gasteiger partial charge is 0.303 e. The first-order chi connectivity index (χ1) is 8.83. The minimum Gasteiger partial charge on any atom is -0.481 e. The van der Waals surface area contributed by atoms with E-state index >= 15 is 0 Å². The van der Waals surface area contributed by atoms with Crippen LogP contribution < -0.4 is 5.73 Å². The molecular weight excluding hydrogens is 242 g/mol. The van der Waals surface area contributed by atoms with Crippen LogP contribution in [0.25, 0.3) is 0 Å². The number of carboxylic acid groups (broad SMARTS) is 1. The van der Waals surface area contributed by atoms with Gasteiger partial charge in [-0.25, -0.2) is 0 Å². The summed E-state index contributed by atoms with van der Waals surface area (Å²) in [5, 5.41) is 16.7. The van der Waals surface area contributed by atoms with Crippen LogP contribution in [-0.2, 0) is 4.79 Å². The number of nitrogens with two attached hydrogens (primary N) is 1. The van der Waals surface area contributed by atoms with Crippen molar-refractivity contribution in [1.29, 1.82) is 0 Å². The maximum Gasteiger partial charge on any atom is 0.303 e. The first-order valence-electron chi connectivity index (χ1n) is 7.45. The van der Waals surface area contributed by atoms with Gasteiger partial charge >= 0.3 is 5.97 Å². The van der Waals surface area contributed by atoms with Gasteiger partial charge in [0.15, 0.2) is 0 Å². The molecule has 116 valence electrons. The highest BCUT2D eigenvalue weighted by Crippen LogP contribution is 2.09. The highest BCUT2D eigenvalue weighted by atomic mass is 16.4. The Morgan fingerprint density at radius 3 is 1.68 bits per heavy atom. The molecule has 0 unspecified atom stereocenters. The highest BCUT2D eigenvalue weighted by Gasteiger charge is 2.05. The molecule has 0 saturated carbocycles. The first-order valence-corrected chi connectivity index (χ1v) is 7.45. The van der Waals surface area contributed by atoms with Crippen molar-refractivity contribution < 1.29 is 15.0 Å². The SMILES string of the molecule is CC(C)(N)CO.CCCCCCCCCCC(=O)O. The third-order valence-electron chi connectivity index (χ3n) is 2.65. The summed E-state index contributed by atoms with van der Waals surface area (Å²) < 4.78 is 0. The molecule has 0 aromatic rings. The Morgan fingerprint density at radius 1 is 1.00 bits per heavy atom. The van der Waals surface area contributed by atoms with E-state index < -0.39 is 11.5 Å². The van der Waals surface area contributed by atoms with Crippen LogP contribution in [0.2, 0.25) is 0 Å². The van der Waals surface area contributed by atoms with Gasteiger partial charge in [-0.15, -0.1) is 0 Å². The molecule has 0 bridgehead atoms. The molecule has 0 rings (SSSR count). The van der Waals surface area contributed by atoms with Gasteiger partial charge in [0.1, 0.15) is 0 Å². The molecule has 0 aliphatic carbocycles. The van der Waals surface area contributed by atoms with Gasteiger partial charge in [-0.2, -0.15) is 0 Å². The van der Waals surface area contributed by atoms with Gasteiger partial charge in [0.05, 0.1) is 6.61 Å². The Morgan fingerprint density at radius 2 is 1.37 bits per heavy atom. The van der Waals surface area contributed by atoms with Crippen LogP contribution in [0.5, 0.6) is 0 Å². The van der Waals surface area contributed by atoms with Crippen LogP contribution in [0.3, 0.4) is 0 Å². The van der Waals surface area contributed by atoms with E-state index in [1.807, 2.05) is 0 Å². The van der Waals surface area contributed by atoms with Crippen molar-refractivity contribution in [1.82, 2.24) is 0 Å². The quantitative estimate of drug-likeness (QED) is 0.534. The zero-order chi connectivity index (χ0) is 15.1. The van der Waals surface area contributed by atoms with E-state index in [-0.39, 0.29) is 6.61 Å². The fraction of sp³-hybridized carbons (Fsp3) is 0.933. The molecule has 0 amide bonds. The molecule has 0 atom stereocenters. The summed E-state index contributed by atoms with van der Waals surface area (Å²) in [4.78, 5) is 10.2. The third kappa shape index (κ3) is 26.8. The van der Waals surface area contributed by atoms with Crippen LogP contribution in [-0.4, -0.2) is 28.3 Å². The van der Waals surface area contributed by atoms with E-state index in [2.05, 4.69) is 6.92 Å². The van der Waals surface area contributed by atoms with Crippen molar-refractivity contribution in [3.05, 3.63) is 0 Å². The van der Waals surface area contributed by atoms with Crippen LogP contribution in [0, 0.1) is 0 Å². The summed E-state index contributed by atoms with van der Waals surface area (Å²) in [6, 6.07) is 0. The van der Waals surface area contributed by atoms with Gasteiger partial charge < -0.3 is 15.9 Å². The Balaban J connectivity index is 0. The fourth-order valence-corrected chi connectivity index (χ4v) is 1.41. The monoisotopic (exact) mass is 275 g/mol. The number of aliphatic hydroxyl groups is 1. The van der Waals surface area contributed by atoms with Gasteiger partial charge in [-0.1, -0.05) is 51.9 Å². The third-order valence-corrected chi connectivity index (χ3v) is 2.65. The largest absolute Gasteiger partial charge is 0.481 e. The van der Waals surface area contributed by atoms with Crippen molar-refractivity contribution in [2.24, 2.45) is 5.73 Å². The summed E-state index contributed by atoms with van der Waals surface area (Å²) in [7, 11) is 0. The summed E-state index contributed by atoms with van der Waals surface area (Å²) in [6.07, 6.45) is 10.1. The molecule has 4 nitrogen and oxygen atoms in total. The number of aliphatic carboxylic acids is 1. The summed E-state index contributed by atoms with van der Waals surface area (Å²) in [5.41, 5.74) is 4.88. The molecular formula is C15H33NO3. The number of unbranched alkanes of at least 4 members (excludes halogenated alkanes) is 7. The standard InChI is InChI=1S/C11H22O2.C4H11NO/c1-2-3-4-5-6-7-8-9-10-11(12)13;1-4(2,5)3-6/h2-10H2,1H3,(H,12,13);6H,3,5H2,1-2H3. The topological polar surface area (TPSA) is 83.5 Å². The minimum atomic E-state index is -0.661. The number of aliphatic hydroxyl groups excluding tert-OH is 1. The summed E-state index contributed by atoms with van der Waals surface area (Å²) in [5.74, 6) is -0.661. The van der Waals surface area contributed by atoms with Crippen LogP contribution >= 0.6 is 0 Å². The Hall–Kier alpha value is -0.610. The van der Waals surface area contributed by atoms with Gasteiger partial charge in [0.2, 0.25) is 0 Å². The van der Waals surface area contributed by atoms with E-state index in [9.17, 15) is 4.79 Å². The van der Waals surface area contributed by atoms with Crippen LogP contribution in [0.4, 0.5) is 0 Å². The predicted octanol–water partition coefficient (Wildman–Crippen LogP) is 3.32. The maximum atomic E-state index is 10.2. The van der Waals surface area contributed by atoms with Crippen LogP contribution in [0.1, 0.15) is 78.6 Å². The molecule has 19 heavy (non-hydrogen) atoms. The van der Waals surface area contributed by atoms with Crippen molar-refractivity contribution in [2.45, 2.75) is 84.1 Å². The molecule has 0 heterocycles. The average molecular weight is 275 g/mol. The lowest BCUT2D eigenvalue weighted by Crippen LogP contribution is -2.35. The second-order valence-corrected chi connectivity index (χ2v) is 5.77. The zero-order valence-electron chi connectivity index (χ0n) is 13.0. The predicted molar refractivity (Wildman–Crippen MR) is 80.2 cm³/mol. The summed E-state index contributed by atoms with van der Waals surface area (Å²) in [6.45, 7) is 5.81. The second-order valence-electron chi connectivity index (χ2n) is 5.77. The number of carbonyl (C=O) groups is 1. The molecule has 4 heteroatoms. The van der Waals surface area contributed by atoms with E-state index in [0.29, 0.717) is 6.42 Å². The number of hydrogen-bond acceptors (Lipinski definition) is 3. The lowest BCUT2D eigenvalue weighted by Gasteiger charge is -2.12. The average Bonchev–Trinajstić information content (AvgIpc) is 2.32. The molecule has 4 N–H and O–H groups in total. The Bertz CT molecular complexity index is 200. The molecule has 0 saturated heterocycles. The van der Waals surface area contributed by atoms with Gasteiger partial charge in [0.25, 0.3) is 0 Å². The van der Waals surface area contributed by atoms with Crippen molar-refractivity contribution >= 4 is 5.97 Å². The number of carboxylic acids is 1. The highest BCUT2D eigenvalue weighted by molar-refractivity contribution is 5.66. The van der Waals surface area contributed by atoms with Crippen molar-refractivity contribution in [2.75, 3.05) is 6.61 Å². The van der Waals surface area contributed by atoms with E-state index in [1.165, 1.54) is 38.5 Å². The lowest BCUT2D eigenvalue weighted by atomic mass is 10.1. The fourth-order valence-electron chi connectivity index (χ4n) is 1.41. The number of hydrogen-bond donors (Lipinski definition) is 3. The molecule has 0 radical (unpaired) electrons. The van der Waals surface area contributed by atoms with Gasteiger partial charge in [-0.05, 0) is 20.3 Å². The minimum absolute atomic E-state index is 0.0486.